The van der Waals surface area contributed by atoms with Crippen molar-refractivity contribution in [3.05, 3.63) is 78.9 Å². The van der Waals surface area contributed by atoms with E-state index in [2.05, 4.69) is 34.6 Å². The number of imidazole rings is 1. The highest BCUT2D eigenvalue weighted by Gasteiger charge is 2.27. The van der Waals surface area contributed by atoms with E-state index in [0.717, 1.165) is 27.9 Å². The Bertz CT molecular complexity index is 1480. The van der Waals surface area contributed by atoms with E-state index in [0.29, 0.717) is 24.4 Å². The number of likely N-dealkylation sites (tertiary alicyclic amines) is 1. The molecule has 1 amide bonds. The van der Waals surface area contributed by atoms with Gasteiger partial charge in [0, 0.05) is 37.5 Å². The number of hydrogen-bond donors (Lipinski definition) is 0. The minimum atomic E-state index is -0.0477. The molecule has 4 aromatic rings. The van der Waals surface area contributed by atoms with Crippen LogP contribution in [0.2, 0.25) is 0 Å². The zero-order valence-corrected chi connectivity index (χ0v) is 18.1. The highest BCUT2D eigenvalue weighted by molar-refractivity contribution is 5.87. The average Bonchev–Trinajstić information content (AvgIpc) is 3.43. The molecular weight excluding hydrogens is 412 g/mol. The van der Waals surface area contributed by atoms with Crippen molar-refractivity contribution in [1.29, 1.82) is 5.26 Å². The molecule has 1 saturated heterocycles. The topological polar surface area (TPSA) is 79.2 Å². The van der Waals surface area contributed by atoms with Crippen molar-refractivity contribution in [2.24, 2.45) is 13.0 Å². The molecule has 0 N–H and O–H groups in total. The fourth-order valence-corrected chi connectivity index (χ4v) is 3.93. The van der Waals surface area contributed by atoms with Gasteiger partial charge in [0.15, 0.2) is 0 Å². The van der Waals surface area contributed by atoms with Gasteiger partial charge in [-0.05, 0) is 41.5 Å². The summed E-state index contributed by atoms with van der Waals surface area (Å²) in [6.07, 6.45) is 6.69. The molecule has 0 radical (unpaired) electrons. The largest absolute Gasteiger partial charge is 0.337 e. The van der Waals surface area contributed by atoms with E-state index in [-0.39, 0.29) is 11.8 Å². The van der Waals surface area contributed by atoms with Crippen molar-refractivity contribution in [2.75, 3.05) is 13.1 Å². The molecule has 1 aliphatic rings. The van der Waals surface area contributed by atoms with Crippen LogP contribution in [0.3, 0.4) is 0 Å². The van der Waals surface area contributed by atoms with Gasteiger partial charge in [-0.1, -0.05) is 30.6 Å². The Hall–Kier alpha value is -4.62. The second kappa shape index (κ2) is 8.14. The molecule has 3 aromatic heterocycles. The van der Waals surface area contributed by atoms with E-state index in [4.69, 9.17) is 0 Å². The monoisotopic (exact) mass is 432 g/mol. The summed E-state index contributed by atoms with van der Waals surface area (Å²) in [5, 5.41) is 13.8. The van der Waals surface area contributed by atoms with E-state index in [1.807, 2.05) is 60.2 Å². The number of hydrogen-bond acceptors (Lipinski definition) is 4. The molecule has 0 atom stereocenters. The molecule has 7 heteroatoms. The number of nitrogens with zero attached hydrogens (tertiary/aromatic N) is 6. The third kappa shape index (κ3) is 3.77. The summed E-state index contributed by atoms with van der Waals surface area (Å²) in [4.78, 5) is 17.7. The van der Waals surface area contributed by atoms with Crippen molar-refractivity contribution < 1.29 is 4.79 Å². The van der Waals surface area contributed by atoms with Crippen LogP contribution in [0.5, 0.6) is 0 Å². The van der Waals surface area contributed by atoms with E-state index in [1.165, 1.54) is 6.08 Å². The number of fused-ring (bicyclic) bond motifs is 1. The van der Waals surface area contributed by atoms with Crippen molar-refractivity contribution in [2.45, 2.75) is 0 Å². The number of amides is 1. The molecule has 0 aliphatic carbocycles. The first kappa shape index (κ1) is 20.3. The molecule has 160 valence electrons. The van der Waals surface area contributed by atoms with Crippen LogP contribution in [0.1, 0.15) is 11.3 Å². The Morgan fingerprint density at radius 1 is 1.15 bits per heavy atom. The van der Waals surface area contributed by atoms with Crippen LogP contribution in [0.25, 0.3) is 28.0 Å². The number of aryl methyl sites for hydroxylation is 1. The minimum Gasteiger partial charge on any atom is -0.337 e. The van der Waals surface area contributed by atoms with E-state index < -0.39 is 0 Å². The first-order chi connectivity index (χ1) is 16.1. The Kier molecular flexibility index (Phi) is 5.01. The highest BCUT2D eigenvalue weighted by atomic mass is 16.2. The second-order valence-electron chi connectivity index (χ2n) is 7.97. The van der Waals surface area contributed by atoms with Crippen LogP contribution < -0.4 is 0 Å². The predicted octanol–water partition coefficient (Wildman–Crippen LogP) is 3.27. The summed E-state index contributed by atoms with van der Waals surface area (Å²) >= 11 is 0. The summed E-state index contributed by atoms with van der Waals surface area (Å²) in [7, 11) is 1.88. The Labute approximate surface area is 191 Å². The smallest absolute Gasteiger partial charge is 0.246 e. The molecule has 0 unspecified atom stereocenters. The molecule has 1 aromatic carbocycles. The predicted molar refractivity (Wildman–Crippen MR) is 125 cm³/mol. The Morgan fingerprint density at radius 2 is 1.94 bits per heavy atom. The summed E-state index contributed by atoms with van der Waals surface area (Å²) in [6, 6.07) is 14.2. The molecule has 1 fully saturated rings. The van der Waals surface area contributed by atoms with Gasteiger partial charge < -0.3 is 4.90 Å². The van der Waals surface area contributed by atoms with E-state index in [9.17, 15) is 10.1 Å². The van der Waals surface area contributed by atoms with Gasteiger partial charge in [0.25, 0.3) is 0 Å². The average molecular weight is 432 g/mol. The van der Waals surface area contributed by atoms with Gasteiger partial charge in [0.2, 0.25) is 5.91 Å². The first-order valence-corrected chi connectivity index (χ1v) is 10.5. The van der Waals surface area contributed by atoms with Crippen molar-refractivity contribution >= 4 is 11.6 Å². The highest BCUT2D eigenvalue weighted by Crippen LogP contribution is 2.29. The molecular formula is C26H20N6O. The number of nitriles is 1. The van der Waals surface area contributed by atoms with Crippen LogP contribution in [0, 0.1) is 29.1 Å². The van der Waals surface area contributed by atoms with Gasteiger partial charge >= 0.3 is 0 Å². The second-order valence-corrected chi connectivity index (χ2v) is 7.97. The van der Waals surface area contributed by atoms with Crippen LogP contribution in [-0.4, -0.2) is 43.1 Å². The molecule has 0 saturated carbocycles. The number of benzene rings is 1. The molecule has 0 bridgehead atoms. The molecule has 33 heavy (non-hydrogen) atoms. The van der Waals surface area contributed by atoms with Crippen LogP contribution in [0.4, 0.5) is 0 Å². The fourth-order valence-electron chi connectivity index (χ4n) is 3.93. The van der Waals surface area contributed by atoms with E-state index >= 15 is 0 Å². The van der Waals surface area contributed by atoms with Gasteiger partial charge in [-0.2, -0.15) is 10.4 Å². The summed E-state index contributed by atoms with van der Waals surface area (Å²) < 4.78 is 3.62. The lowest BCUT2D eigenvalue weighted by Gasteiger charge is -2.35. The number of aromatic nitrogens is 4. The molecule has 0 spiro atoms. The zero-order valence-electron chi connectivity index (χ0n) is 18.1. The van der Waals surface area contributed by atoms with Gasteiger partial charge in [0.1, 0.15) is 17.4 Å². The minimum absolute atomic E-state index is 0.0477. The maximum Gasteiger partial charge on any atom is 0.246 e. The molecule has 5 rings (SSSR count). The van der Waals surface area contributed by atoms with Crippen LogP contribution in [0.15, 0.2) is 67.6 Å². The van der Waals surface area contributed by atoms with Crippen molar-refractivity contribution in [3.63, 3.8) is 0 Å². The summed E-state index contributed by atoms with van der Waals surface area (Å²) in [5.41, 5.74) is 5.87. The maximum atomic E-state index is 11.5. The number of carbonyl (C=O) groups excluding carboxylic acids is 1. The van der Waals surface area contributed by atoms with Crippen LogP contribution >= 0.6 is 0 Å². The molecule has 4 heterocycles. The molecule has 1 aliphatic heterocycles. The summed E-state index contributed by atoms with van der Waals surface area (Å²) in [5.74, 6) is 6.58. The van der Waals surface area contributed by atoms with Gasteiger partial charge in [-0.25, -0.2) is 4.98 Å². The fraction of sp³-hybridized carbons (Fsp3) is 0.154. The number of carbonyl (C=O) groups is 1. The first-order valence-electron chi connectivity index (χ1n) is 10.5. The van der Waals surface area contributed by atoms with Crippen molar-refractivity contribution in [3.8, 4) is 40.3 Å². The third-order valence-electron chi connectivity index (χ3n) is 5.73. The van der Waals surface area contributed by atoms with E-state index in [1.54, 1.807) is 15.8 Å². The standard InChI is InChI=1S/C26H20N6O/c1-3-26(33)31-15-19(16-31)5-4-18-6-8-20(9-7-18)24-10-21(22-13-29-30(2)17-22)11-25-28-14-23(12-27)32(24)25/h3,6-11,13-14,17,19H,1,15-16H2,2H3. The van der Waals surface area contributed by atoms with Gasteiger partial charge in [-0.3, -0.25) is 13.9 Å². The Morgan fingerprint density at radius 3 is 2.61 bits per heavy atom. The summed E-state index contributed by atoms with van der Waals surface area (Å²) in [6.45, 7) is 4.80. The van der Waals surface area contributed by atoms with Crippen molar-refractivity contribution in [1.82, 2.24) is 24.1 Å². The Balaban J connectivity index is 1.46. The maximum absolute atomic E-state index is 11.5. The lowest BCUT2D eigenvalue weighted by molar-refractivity contribution is -0.130. The normalized spacial score (nSPS) is 13.2. The molecule has 7 nitrogen and oxygen atoms in total. The lowest BCUT2D eigenvalue weighted by atomic mass is 10.00. The lowest BCUT2D eigenvalue weighted by Crippen LogP contribution is -2.48. The van der Waals surface area contributed by atoms with Crippen LogP contribution in [-0.2, 0) is 11.8 Å². The number of pyridine rings is 1. The SMILES string of the molecule is C=CC(=O)N1CC(C#Cc2ccc(-c3cc(-c4cnn(C)c4)cc4ncc(C#N)n34)cc2)C1. The zero-order chi connectivity index (χ0) is 22.9. The number of rotatable bonds is 3. The third-order valence-corrected chi connectivity index (χ3v) is 5.73. The van der Waals surface area contributed by atoms with Gasteiger partial charge in [0.05, 0.1) is 24.0 Å². The van der Waals surface area contributed by atoms with Gasteiger partial charge in [-0.15, -0.1) is 0 Å². The quantitative estimate of drug-likeness (QED) is 0.368.